The zero-order valence-corrected chi connectivity index (χ0v) is 31.7. The molecule has 2 unspecified atom stereocenters. The Bertz CT molecular complexity index is 849. The van der Waals surface area contributed by atoms with Gasteiger partial charge < -0.3 is 28.6 Å². The molecule has 0 rings (SSSR count). The first-order chi connectivity index (χ1) is 23.1. The van der Waals surface area contributed by atoms with E-state index in [-0.39, 0.29) is 42.7 Å². The van der Waals surface area contributed by atoms with E-state index in [1.807, 2.05) is 0 Å². The number of nitrogens with zero attached hydrogens (tertiary/aromatic N) is 1. The summed E-state index contributed by atoms with van der Waals surface area (Å²) in [5, 5.41) is 11.6. The molecule has 0 aromatic carbocycles. The van der Waals surface area contributed by atoms with Gasteiger partial charge in [0.25, 0.3) is 0 Å². The van der Waals surface area contributed by atoms with Gasteiger partial charge in [0.15, 0.2) is 6.10 Å². The molecule has 0 heterocycles. The van der Waals surface area contributed by atoms with Crippen molar-refractivity contribution in [3.63, 3.8) is 0 Å². The molecule has 0 N–H and O–H groups in total. The van der Waals surface area contributed by atoms with Crippen molar-refractivity contribution in [1.29, 1.82) is 0 Å². The van der Waals surface area contributed by atoms with Crippen molar-refractivity contribution in [2.45, 2.75) is 174 Å². The molecule has 0 aliphatic carbocycles. The lowest BCUT2D eigenvalue weighted by Gasteiger charge is -2.34. The Hall–Kier alpha value is -2.19. The second-order valence-corrected chi connectivity index (χ2v) is 14.2. The third kappa shape index (κ3) is 29.9. The molecule has 0 aromatic heterocycles. The minimum absolute atomic E-state index is 0.0327. The number of quaternary nitrogens is 1. The number of ether oxygens (including phenoxy) is 3. The van der Waals surface area contributed by atoms with Gasteiger partial charge in [-0.25, -0.2) is 0 Å². The van der Waals surface area contributed by atoms with Crippen LogP contribution in [-0.4, -0.2) is 75.5 Å². The average molecular weight is 680 g/mol. The molecule has 0 saturated heterocycles. The molecule has 0 spiro atoms. The van der Waals surface area contributed by atoms with Crippen LogP contribution in [0.15, 0.2) is 24.3 Å². The summed E-state index contributed by atoms with van der Waals surface area (Å²) < 4.78 is 17.0. The second kappa shape index (κ2) is 32.0. The number of esters is 2. The van der Waals surface area contributed by atoms with Crippen LogP contribution in [0, 0.1) is 0 Å². The van der Waals surface area contributed by atoms with Gasteiger partial charge in [0.05, 0.1) is 40.3 Å². The first-order valence-electron chi connectivity index (χ1n) is 19.4. The summed E-state index contributed by atoms with van der Waals surface area (Å²) in [6, 6.07) is -0.726. The molecule has 0 saturated carbocycles. The van der Waals surface area contributed by atoms with E-state index in [0.717, 1.165) is 51.4 Å². The van der Waals surface area contributed by atoms with Crippen LogP contribution in [0.5, 0.6) is 0 Å². The minimum atomic E-state index is -1.13. The fourth-order valence-corrected chi connectivity index (χ4v) is 5.53. The number of carboxylic acids is 1. The smallest absolute Gasteiger partial charge is 0.306 e. The lowest BCUT2D eigenvalue weighted by molar-refractivity contribution is -0.889. The molecule has 2 atom stereocenters. The Morgan fingerprint density at radius 1 is 0.625 bits per heavy atom. The van der Waals surface area contributed by atoms with Gasteiger partial charge >= 0.3 is 11.9 Å². The Morgan fingerprint density at radius 2 is 1.08 bits per heavy atom. The molecule has 0 bridgehead atoms. The first-order valence-corrected chi connectivity index (χ1v) is 19.4. The predicted octanol–water partition coefficient (Wildman–Crippen LogP) is 8.41. The van der Waals surface area contributed by atoms with Gasteiger partial charge in [0.1, 0.15) is 12.6 Å². The predicted molar refractivity (Wildman–Crippen MR) is 194 cm³/mol. The van der Waals surface area contributed by atoms with E-state index in [1.54, 1.807) is 21.1 Å². The van der Waals surface area contributed by atoms with Crippen molar-refractivity contribution in [3.05, 3.63) is 24.3 Å². The number of rotatable bonds is 34. The van der Waals surface area contributed by atoms with Gasteiger partial charge in [-0.2, -0.15) is 0 Å². The zero-order valence-electron chi connectivity index (χ0n) is 31.7. The van der Waals surface area contributed by atoms with Crippen LogP contribution < -0.4 is 5.11 Å². The molecular weight excluding hydrogens is 606 g/mol. The van der Waals surface area contributed by atoms with Gasteiger partial charge in [-0.05, 0) is 38.5 Å². The van der Waals surface area contributed by atoms with Crippen LogP contribution in [0.25, 0.3) is 0 Å². The van der Waals surface area contributed by atoms with Crippen molar-refractivity contribution in [3.8, 4) is 0 Å². The summed E-state index contributed by atoms with van der Waals surface area (Å²) >= 11 is 0. The number of carboxylic acid groups (broad SMARTS) is 1. The molecule has 0 amide bonds. The number of aliphatic carboxylic acids is 1. The topological polar surface area (TPSA) is 102 Å². The summed E-state index contributed by atoms with van der Waals surface area (Å²) in [6.07, 6.45) is 32.1. The lowest BCUT2D eigenvalue weighted by Crippen LogP contribution is -2.55. The maximum Gasteiger partial charge on any atom is 0.306 e. The highest BCUT2D eigenvalue weighted by Gasteiger charge is 2.25. The van der Waals surface area contributed by atoms with Gasteiger partial charge in [0, 0.05) is 19.3 Å². The molecule has 0 aliphatic heterocycles. The number of carbonyl (C=O) groups excluding carboxylic acids is 3. The first kappa shape index (κ1) is 45.8. The molecule has 48 heavy (non-hydrogen) atoms. The van der Waals surface area contributed by atoms with Crippen LogP contribution in [0.2, 0.25) is 0 Å². The lowest BCUT2D eigenvalue weighted by atomic mass is 10.1. The largest absolute Gasteiger partial charge is 0.544 e. The Morgan fingerprint density at radius 3 is 1.58 bits per heavy atom. The van der Waals surface area contributed by atoms with Gasteiger partial charge in [-0.3, -0.25) is 9.59 Å². The molecule has 8 nitrogen and oxygen atoms in total. The minimum Gasteiger partial charge on any atom is -0.544 e. The summed E-state index contributed by atoms with van der Waals surface area (Å²) in [5.74, 6) is -1.77. The second-order valence-electron chi connectivity index (χ2n) is 14.2. The Labute approximate surface area is 294 Å². The van der Waals surface area contributed by atoms with E-state index < -0.39 is 18.1 Å². The van der Waals surface area contributed by atoms with Crippen molar-refractivity contribution < 1.29 is 38.2 Å². The third-order valence-corrected chi connectivity index (χ3v) is 8.62. The van der Waals surface area contributed by atoms with Crippen LogP contribution in [0.1, 0.15) is 162 Å². The molecule has 280 valence electrons. The maximum absolute atomic E-state index is 12.6. The summed E-state index contributed by atoms with van der Waals surface area (Å²) in [5.41, 5.74) is 0. The van der Waals surface area contributed by atoms with Crippen LogP contribution in [0.4, 0.5) is 0 Å². The number of hydrogen-bond donors (Lipinski definition) is 0. The van der Waals surface area contributed by atoms with Crippen LogP contribution in [-0.2, 0) is 28.6 Å². The maximum atomic E-state index is 12.6. The average Bonchev–Trinajstić information content (AvgIpc) is 3.03. The van der Waals surface area contributed by atoms with E-state index in [9.17, 15) is 19.5 Å². The normalized spacial score (nSPS) is 13.3. The molecule has 0 aliphatic rings. The van der Waals surface area contributed by atoms with Crippen molar-refractivity contribution in [2.24, 2.45) is 0 Å². The highest BCUT2D eigenvalue weighted by Crippen LogP contribution is 2.13. The number of allylic oxidation sites excluding steroid dienone is 4. The standard InChI is InChI=1S/C40H73NO7/c1-6-8-10-12-14-16-17-18-19-20-21-22-23-25-27-29-31-39(43)48-36(34-46-33-32-37(40(44)45)41(3,4)5)35-47-38(42)30-28-26-24-15-13-11-9-7-2/h19-22,36-37H,6-18,23-35H2,1-5H3/b20-19+,22-21+. The Balaban J connectivity index is 4.43. The van der Waals surface area contributed by atoms with E-state index in [2.05, 4.69) is 38.2 Å². The fraction of sp³-hybridized carbons (Fsp3) is 0.825. The molecule has 0 radical (unpaired) electrons. The molecule has 0 fully saturated rings. The summed E-state index contributed by atoms with van der Waals surface area (Å²) in [6.45, 7) is 4.58. The van der Waals surface area contributed by atoms with Crippen molar-refractivity contribution in [1.82, 2.24) is 0 Å². The molecule has 8 heteroatoms. The number of unbranched alkanes of at least 4 members (excludes halogenated alkanes) is 17. The van der Waals surface area contributed by atoms with Crippen LogP contribution in [0.3, 0.4) is 0 Å². The highest BCUT2D eigenvalue weighted by molar-refractivity contribution is 5.70. The quantitative estimate of drug-likeness (QED) is 0.0291. The van der Waals surface area contributed by atoms with E-state index in [1.165, 1.54) is 77.0 Å². The van der Waals surface area contributed by atoms with Crippen LogP contribution >= 0.6 is 0 Å². The van der Waals surface area contributed by atoms with Crippen molar-refractivity contribution in [2.75, 3.05) is 41.0 Å². The fourth-order valence-electron chi connectivity index (χ4n) is 5.53. The van der Waals surface area contributed by atoms with E-state index >= 15 is 0 Å². The van der Waals surface area contributed by atoms with Gasteiger partial charge in [-0.1, -0.05) is 128 Å². The van der Waals surface area contributed by atoms with E-state index in [0.29, 0.717) is 12.8 Å². The summed E-state index contributed by atoms with van der Waals surface area (Å²) in [7, 11) is 5.38. The summed E-state index contributed by atoms with van der Waals surface area (Å²) in [4.78, 5) is 36.5. The number of carbonyl (C=O) groups is 3. The zero-order chi connectivity index (χ0) is 35.7. The Kier molecular flexibility index (Phi) is 30.6. The third-order valence-electron chi connectivity index (χ3n) is 8.62. The molecule has 0 aromatic rings. The van der Waals surface area contributed by atoms with Gasteiger partial charge in [-0.15, -0.1) is 0 Å². The monoisotopic (exact) mass is 680 g/mol. The van der Waals surface area contributed by atoms with E-state index in [4.69, 9.17) is 14.2 Å². The van der Waals surface area contributed by atoms with Crippen molar-refractivity contribution >= 4 is 17.9 Å². The number of hydrogen-bond acceptors (Lipinski definition) is 7. The SMILES string of the molecule is CCCCCCCCC/C=C/C=C/CCCCCC(=O)OC(COCCC(C(=O)[O-])[N+](C)(C)C)COC(=O)CCCCCCCCCC. The highest BCUT2D eigenvalue weighted by atomic mass is 16.6. The molecular formula is C40H73NO7. The van der Waals surface area contributed by atoms with Gasteiger partial charge in [0.2, 0.25) is 0 Å². The number of likely N-dealkylation sites (N-methyl/N-ethyl adjacent to an activating group) is 1.